The van der Waals surface area contributed by atoms with Crippen molar-refractivity contribution in [1.82, 2.24) is 4.90 Å². The van der Waals surface area contributed by atoms with Gasteiger partial charge in [-0.3, -0.25) is 4.90 Å². The Morgan fingerprint density at radius 1 is 1.05 bits per heavy atom. The van der Waals surface area contributed by atoms with Crippen LogP contribution < -0.4 is 0 Å². The number of rotatable bonds is 4. The van der Waals surface area contributed by atoms with Crippen LogP contribution in [0.15, 0.2) is 35.9 Å². The van der Waals surface area contributed by atoms with Gasteiger partial charge in [0.15, 0.2) is 0 Å². The number of aliphatic hydroxyl groups excluding tert-OH is 1. The highest BCUT2D eigenvalue weighted by atomic mass is 16.3. The standard InChI is InChI=1S/C18H25NO/c20-14-17-8-6-15(7-9-17)4-5-16-10-12-19(13-11-16)18-2-1-3-18/h5-9,18,20H,1-4,10-14H2. The van der Waals surface area contributed by atoms with Gasteiger partial charge in [-0.15, -0.1) is 0 Å². The van der Waals surface area contributed by atoms with Crippen molar-refractivity contribution in [3.63, 3.8) is 0 Å². The van der Waals surface area contributed by atoms with E-state index in [4.69, 9.17) is 5.11 Å². The van der Waals surface area contributed by atoms with E-state index in [-0.39, 0.29) is 6.61 Å². The molecule has 3 rings (SSSR count). The minimum Gasteiger partial charge on any atom is -0.392 e. The van der Waals surface area contributed by atoms with E-state index in [2.05, 4.69) is 23.1 Å². The second-order valence-corrected chi connectivity index (χ2v) is 6.16. The highest BCUT2D eigenvalue weighted by Crippen LogP contribution is 2.28. The highest BCUT2D eigenvalue weighted by Gasteiger charge is 2.26. The number of likely N-dealkylation sites (tertiary alicyclic amines) is 1. The Morgan fingerprint density at radius 2 is 1.70 bits per heavy atom. The van der Waals surface area contributed by atoms with Crippen LogP contribution in [0.2, 0.25) is 0 Å². The summed E-state index contributed by atoms with van der Waals surface area (Å²) in [6, 6.07) is 9.21. The molecule has 2 heteroatoms. The van der Waals surface area contributed by atoms with Gasteiger partial charge in [0.05, 0.1) is 6.61 Å². The number of piperidine rings is 1. The number of hydrogen-bond donors (Lipinski definition) is 1. The Kier molecular flexibility index (Phi) is 4.54. The summed E-state index contributed by atoms with van der Waals surface area (Å²) in [4.78, 5) is 2.69. The van der Waals surface area contributed by atoms with Crippen LogP contribution in [0.4, 0.5) is 0 Å². The first kappa shape index (κ1) is 13.8. The molecule has 1 saturated carbocycles. The Morgan fingerprint density at radius 3 is 2.25 bits per heavy atom. The molecule has 1 aromatic carbocycles. The predicted molar refractivity (Wildman–Crippen MR) is 82.6 cm³/mol. The summed E-state index contributed by atoms with van der Waals surface area (Å²) in [7, 11) is 0. The van der Waals surface area contributed by atoms with Crippen LogP contribution in [0, 0.1) is 0 Å². The third-order valence-electron chi connectivity index (χ3n) is 4.86. The van der Waals surface area contributed by atoms with Crippen LogP contribution >= 0.6 is 0 Å². The highest BCUT2D eigenvalue weighted by molar-refractivity contribution is 5.24. The summed E-state index contributed by atoms with van der Waals surface area (Å²) in [6.45, 7) is 2.66. The Bertz CT molecular complexity index is 449. The molecule has 0 radical (unpaired) electrons. The SMILES string of the molecule is OCc1ccc(CC=C2CCN(C3CCC3)CC2)cc1. The van der Waals surface area contributed by atoms with Crippen molar-refractivity contribution < 1.29 is 5.11 Å². The van der Waals surface area contributed by atoms with Gasteiger partial charge >= 0.3 is 0 Å². The van der Waals surface area contributed by atoms with Gasteiger partial charge in [0.2, 0.25) is 0 Å². The van der Waals surface area contributed by atoms with E-state index < -0.39 is 0 Å². The van der Waals surface area contributed by atoms with Gasteiger partial charge in [-0.25, -0.2) is 0 Å². The van der Waals surface area contributed by atoms with E-state index in [1.165, 1.54) is 50.8 Å². The van der Waals surface area contributed by atoms with Crippen LogP contribution in [0.25, 0.3) is 0 Å². The molecule has 1 heterocycles. The summed E-state index contributed by atoms with van der Waals surface area (Å²) >= 11 is 0. The fourth-order valence-electron chi connectivity index (χ4n) is 3.18. The Hall–Kier alpha value is -1.12. The smallest absolute Gasteiger partial charge is 0.0681 e. The normalized spacial score (nSPS) is 20.8. The average molecular weight is 271 g/mol. The van der Waals surface area contributed by atoms with Gasteiger partial charge in [0, 0.05) is 19.1 Å². The average Bonchev–Trinajstić information content (AvgIpc) is 2.45. The molecular formula is C18H25NO. The molecule has 0 amide bonds. The third kappa shape index (κ3) is 3.31. The van der Waals surface area contributed by atoms with Crippen molar-refractivity contribution in [3.8, 4) is 0 Å². The van der Waals surface area contributed by atoms with Crippen molar-refractivity contribution in [2.24, 2.45) is 0 Å². The van der Waals surface area contributed by atoms with Gasteiger partial charge in [0.25, 0.3) is 0 Å². The van der Waals surface area contributed by atoms with E-state index >= 15 is 0 Å². The number of aliphatic hydroxyl groups is 1. The maximum Gasteiger partial charge on any atom is 0.0681 e. The van der Waals surface area contributed by atoms with E-state index in [9.17, 15) is 0 Å². The Labute approximate surface area is 122 Å². The van der Waals surface area contributed by atoms with Crippen molar-refractivity contribution in [3.05, 3.63) is 47.0 Å². The number of nitrogens with zero attached hydrogens (tertiary/aromatic N) is 1. The second kappa shape index (κ2) is 6.55. The number of hydrogen-bond acceptors (Lipinski definition) is 2. The first-order chi connectivity index (χ1) is 9.85. The fraction of sp³-hybridized carbons (Fsp3) is 0.556. The molecule has 1 saturated heterocycles. The second-order valence-electron chi connectivity index (χ2n) is 6.16. The van der Waals surface area contributed by atoms with E-state index in [1.54, 1.807) is 5.57 Å². The molecule has 1 aromatic rings. The predicted octanol–water partition coefficient (Wildman–Crippen LogP) is 3.30. The summed E-state index contributed by atoms with van der Waals surface area (Å²) in [5, 5.41) is 9.04. The first-order valence-electron chi connectivity index (χ1n) is 7.96. The monoisotopic (exact) mass is 271 g/mol. The quantitative estimate of drug-likeness (QED) is 0.849. The summed E-state index contributed by atoms with van der Waals surface area (Å²) in [5.41, 5.74) is 3.97. The van der Waals surface area contributed by atoms with Crippen LogP contribution in [-0.2, 0) is 13.0 Å². The zero-order chi connectivity index (χ0) is 13.8. The molecule has 0 aromatic heterocycles. The molecule has 0 unspecified atom stereocenters. The first-order valence-corrected chi connectivity index (χ1v) is 7.96. The molecule has 2 nitrogen and oxygen atoms in total. The lowest BCUT2D eigenvalue weighted by Gasteiger charge is -2.40. The zero-order valence-electron chi connectivity index (χ0n) is 12.2. The topological polar surface area (TPSA) is 23.5 Å². The van der Waals surface area contributed by atoms with Crippen LogP contribution in [0.1, 0.15) is 43.2 Å². The van der Waals surface area contributed by atoms with Gasteiger partial charge in [-0.1, -0.05) is 42.3 Å². The van der Waals surface area contributed by atoms with E-state index in [0.29, 0.717) is 0 Å². The van der Waals surface area contributed by atoms with Crippen LogP contribution in [0.3, 0.4) is 0 Å². The van der Waals surface area contributed by atoms with Crippen molar-refractivity contribution >= 4 is 0 Å². The summed E-state index contributed by atoms with van der Waals surface area (Å²) < 4.78 is 0. The maximum atomic E-state index is 9.04. The lowest BCUT2D eigenvalue weighted by atomic mass is 9.89. The van der Waals surface area contributed by atoms with Crippen molar-refractivity contribution in [2.45, 2.75) is 51.2 Å². The molecule has 2 fully saturated rings. The third-order valence-corrected chi connectivity index (χ3v) is 4.86. The summed E-state index contributed by atoms with van der Waals surface area (Å²) in [5.74, 6) is 0. The van der Waals surface area contributed by atoms with Gasteiger partial charge in [-0.05, 0) is 43.2 Å². The molecule has 0 spiro atoms. The molecule has 1 N–H and O–H groups in total. The molecule has 0 atom stereocenters. The molecule has 1 aliphatic heterocycles. The molecule has 2 aliphatic rings. The van der Waals surface area contributed by atoms with E-state index in [1.807, 2.05) is 12.1 Å². The fourth-order valence-corrected chi connectivity index (χ4v) is 3.18. The van der Waals surface area contributed by atoms with Gasteiger partial charge in [0.1, 0.15) is 0 Å². The van der Waals surface area contributed by atoms with Gasteiger partial charge < -0.3 is 5.11 Å². The minimum absolute atomic E-state index is 0.137. The maximum absolute atomic E-state index is 9.04. The lowest BCUT2D eigenvalue weighted by Crippen LogP contribution is -2.43. The molecule has 20 heavy (non-hydrogen) atoms. The molecular weight excluding hydrogens is 246 g/mol. The largest absolute Gasteiger partial charge is 0.392 e. The molecule has 0 bridgehead atoms. The molecule has 108 valence electrons. The van der Waals surface area contributed by atoms with E-state index in [0.717, 1.165) is 18.0 Å². The lowest BCUT2D eigenvalue weighted by molar-refractivity contribution is 0.118. The molecule has 1 aliphatic carbocycles. The minimum atomic E-state index is 0.137. The summed E-state index contributed by atoms with van der Waals surface area (Å²) in [6.07, 6.45) is 10.3. The zero-order valence-corrected chi connectivity index (χ0v) is 12.2. The van der Waals surface area contributed by atoms with Crippen molar-refractivity contribution in [2.75, 3.05) is 13.1 Å². The van der Waals surface area contributed by atoms with Crippen LogP contribution in [-0.4, -0.2) is 29.1 Å². The number of benzene rings is 1. The van der Waals surface area contributed by atoms with Crippen molar-refractivity contribution in [1.29, 1.82) is 0 Å². The number of allylic oxidation sites excluding steroid dienone is 1. The van der Waals surface area contributed by atoms with Crippen LogP contribution in [0.5, 0.6) is 0 Å². The van der Waals surface area contributed by atoms with Gasteiger partial charge in [-0.2, -0.15) is 0 Å². The Balaban J connectivity index is 1.49.